The summed E-state index contributed by atoms with van der Waals surface area (Å²) in [6.45, 7) is 2.02. The largest absolute Gasteiger partial charge is 0.380 e. The first-order chi connectivity index (χ1) is 9.65. The monoisotopic (exact) mass is 268 g/mol. The third kappa shape index (κ3) is 2.16. The van der Waals surface area contributed by atoms with Gasteiger partial charge >= 0.3 is 0 Å². The molecule has 20 heavy (non-hydrogen) atoms. The summed E-state index contributed by atoms with van der Waals surface area (Å²) in [4.78, 5) is 0. The van der Waals surface area contributed by atoms with Crippen LogP contribution in [0.1, 0.15) is 5.56 Å². The van der Waals surface area contributed by atoms with Gasteiger partial charge < -0.3 is 10.3 Å². The number of anilines is 1. The van der Waals surface area contributed by atoms with Crippen LogP contribution in [0, 0.1) is 12.7 Å². The van der Waals surface area contributed by atoms with Gasteiger partial charge in [0.05, 0.1) is 5.56 Å². The number of hydrogen-bond donors (Lipinski definition) is 1. The van der Waals surface area contributed by atoms with Crippen LogP contribution in [-0.4, -0.2) is 5.16 Å². The van der Waals surface area contributed by atoms with Crippen LogP contribution in [0.25, 0.3) is 22.5 Å². The normalized spacial score (nSPS) is 10.7. The molecule has 0 fully saturated rings. The number of rotatable bonds is 2. The summed E-state index contributed by atoms with van der Waals surface area (Å²) in [7, 11) is 0. The fourth-order valence-corrected chi connectivity index (χ4v) is 2.10. The van der Waals surface area contributed by atoms with E-state index in [9.17, 15) is 4.39 Å². The second-order valence-electron chi connectivity index (χ2n) is 4.64. The van der Waals surface area contributed by atoms with E-state index in [2.05, 4.69) is 5.16 Å². The van der Waals surface area contributed by atoms with Crippen LogP contribution in [0.2, 0.25) is 0 Å². The topological polar surface area (TPSA) is 52.0 Å². The number of aromatic nitrogens is 1. The summed E-state index contributed by atoms with van der Waals surface area (Å²) in [5.74, 6) is 0.581. The van der Waals surface area contributed by atoms with Crippen molar-refractivity contribution >= 4 is 5.82 Å². The lowest BCUT2D eigenvalue weighted by atomic mass is 10.0. The minimum absolute atomic E-state index is 0.293. The summed E-state index contributed by atoms with van der Waals surface area (Å²) in [5.41, 5.74) is 9.46. The van der Waals surface area contributed by atoms with Crippen molar-refractivity contribution in [3.63, 3.8) is 0 Å². The number of aryl methyl sites for hydroxylation is 1. The molecule has 0 saturated heterocycles. The van der Waals surface area contributed by atoms with E-state index >= 15 is 0 Å². The Balaban J connectivity index is 2.14. The van der Waals surface area contributed by atoms with E-state index in [4.69, 9.17) is 10.3 Å². The Kier molecular flexibility index (Phi) is 2.99. The fraction of sp³-hybridized carbons (Fsp3) is 0.0625. The number of nitrogens with two attached hydrogens (primary N) is 1. The molecule has 4 heteroatoms. The van der Waals surface area contributed by atoms with E-state index in [1.54, 1.807) is 12.1 Å². The molecule has 0 unspecified atom stereocenters. The standard InChI is InChI=1S/C16H13FN2O/c1-10-2-4-11(5-3-10)14-15(20-19-16(14)18)12-6-8-13(17)9-7-12/h2-9H,1H3,(H2,18,19). The molecule has 0 aliphatic rings. The summed E-state index contributed by atoms with van der Waals surface area (Å²) < 4.78 is 18.3. The summed E-state index contributed by atoms with van der Waals surface area (Å²) in [6, 6.07) is 14.0. The molecule has 1 heterocycles. The van der Waals surface area contributed by atoms with Crippen LogP contribution in [0.3, 0.4) is 0 Å². The van der Waals surface area contributed by atoms with Gasteiger partial charge in [-0.15, -0.1) is 0 Å². The molecular weight excluding hydrogens is 255 g/mol. The molecule has 0 atom stereocenters. The van der Waals surface area contributed by atoms with Gasteiger partial charge in [0.1, 0.15) is 5.82 Å². The Morgan fingerprint density at radius 3 is 2.20 bits per heavy atom. The van der Waals surface area contributed by atoms with Crippen LogP contribution in [0.5, 0.6) is 0 Å². The zero-order chi connectivity index (χ0) is 14.1. The average Bonchev–Trinajstić information content (AvgIpc) is 2.83. The van der Waals surface area contributed by atoms with Gasteiger partial charge in [-0.3, -0.25) is 0 Å². The van der Waals surface area contributed by atoms with Crippen molar-refractivity contribution in [2.45, 2.75) is 6.92 Å². The molecule has 3 nitrogen and oxygen atoms in total. The molecule has 2 aromatic carbocycles. The van der Waals surface area contributed by atoms with Crippen molar-refractivity contribution in [3.05, 3.63) is 59.9 Å². The van der Waals surface area contributed by atoms with Crippen molar-refractivity contribution < 1.29 is 8.91 Å². The van der Waals surface area contributed by atoms with E-state index in [1.807, 2.05) is 31.2 Å². The van der Waals surface area contributed by atoms with Gasteiger partial charge in [-0.2, -0.15) is 0 Å². The van der Waals surface area contributed by atoms with Crippen LogP contribution >= 0.6 is 0 Å². The molecule has 0 bridgehead atoms. The Morgan fingerprint density at radius 2 is 1.55 bits per heavy atom. The maximum Gasteiger partial charge on any atom is 0.176 e. The number of nitrogen functional groups attached to an aromatic ring is 1. The Bertz CT molecular complexity index is 730. The van der Waals surface area contributed by atoms with Gasteiger partial charge in [0.25, 0.3) is 0 Å². The minimum Gasteiger partial charge on any atom is -0.380 e. The molecule has 0 aliphatic heterocycles. The van der Waals surface area contributed by atoms with Crippen LogP contribution in [-0.2, 0) is 0 Å². The third-order valence-electron chi connectivity index (χ3n) is 3.17. The highest BCUT2D eigenvalue weighted by Gasteiger charge is 2.17. The first kappa shape index (κ1) is 12.4. The van der Waals surface area contributed by atoms with E-state index in [0.29, 0.717) is 11.6 Å². The van der Waals surface area contributed by atoms with Crippen molar-refractivity contribution in [2.75, 3.05) is 5.73 Å². The summed E-state index contributed by atoms with van der Waals surface area (Å²) in [5, 5.41) is 3.82. The minimum atomic E-state index is -0.293. The molecule has 100 valence electrons. The van der Waals surface area contributed by atoms with E-state index in [1.165, 1.54) is 12.1 Å². The van der Waals surface area contributed by atoms with Crippen molar-refractivity contribution in [3.8, 4) is 22.5 Å². The SMILES string of the molecule is Cc1ccc(-c2c(N)noc2-c2ccc(F)cc2)cc1. The Labute approximate surface area is 115 Å². The van der Waals surface area contributed by atoms with E-state index < -0.39 is 0 Å². The summed E-state index contributed by atoms with van der Waals surface area (Å²) in [6.07, 6.45) is 0. The molecule has 3 aromatic rings. The molecular formula is C16H13FN2O. The number of benzene rings is 2. The van der Waals surface area contributed by atoms with Crippen LogP contribution < -0.4 is 5.73 Å². The second-order valence-corrected chi connectivity index (χ2v) is 4.64. The third-order valence-corrected chi connectivity index (χ3v) is 3.17. The average molecular weight is 268 g/mol. The lowest BCUT2D eigenvalue weighted by molar-refractivity contribution is 0.436. The molecule has 0 amide bonds. The molecule has 0 aliphatic carbocycles. The maximum absolute atomic E-state index is 13.0. The Hall–Kier alpha value is -2.62. The van der Waals surface area contributed by atoms with E-state index in [-0.39, 0.29) is 5.82 Å². The molecule has 0 saturated carbocycles. The Morgan fingerprint density at radius 1 is 0.950 bits per heavy atom. The van der Waals surface area contributed by atoms with E-state index in [0.717, 1.165) is 22.3 Å². The number of hydrogen-bond acceptors (Lipinski definition) is 3. The van der Waals surface area contributed by atoms with Gasteiger partial charge in [-0.1, -0.05) is 35.0 Å². The predicted octanol–water partition coefficient (Wildman–Crippen LogP) is 4.04. The predicted molar refractivity (Wildman–Crippen MR) is 76.5 cm³/mol. The second kappa shape index (κ2) is 4.81. The van der Waals surface area contributed by atoms with Gasteiger partial charge in [0.2, 0.25) is 0 Å². The van der Waals surface area contributed by atoms with Crippen LogP contribution in [0.15, 0.2) is 53.1 Å². The lowest BCUT2D eigenvalue weighted by Gasteiger charge is -2.03. The first-order valence-electron chi connectivity index (χ1n) is 6.23. The molecule has 1 aromatic heterocycles. The van der Waals surface area contributed by atoms with Gasteiger partial charge in [0, 0.05) is 5.56 Å². The van der Waals surface area contributed by atoms with Gasteiger partial charge in [0.15, 0.2) is 11.6 Å². The molecule has 0 radical (unpaired) electrons. The molecule has 0 spiro atoms. The molecule has 3 rings (SSSR count). The smallest absolute Gasteiger partial charge is 0.176 e. The zero-order valence-corrected chi connectivity index (χ0v) is 10.9. The van der Waals surface area contributed by atoms with Crippen LogP contribution in [0.4, 0.5) is 10.2 Å². The lowest BCUT2D eigenvalue weighted by Crippen LogP contribution is -1.89. The summed E-state index contributed by atoms with van der Waals surface area (Å²) >= 11 is 0. The highest BCUT2D eigenvalue weighted by atomic mass is 19.1. The quantitative estimate of drug-likeness (QED) is 0.763. The maximum atomic E-state index is 13.0. The van der Waals surface area contributed by atoms with Crippen molar-refractivity contribution in [1.29, 1.82) is 0 Å². The van der Waals surface area contributed by atoms with Gasteiger partial charge in [-0.25, -0.2) is 4.39 Å². The number of nitrogens with zero attached hydrogens (tertiary/aromatic N) is 1. The first-order valence-corrected chi connectivity index (χ1v) is 6.23. The van der Waals surface area contributed by atoms with Crippen molar-refractivity contribution in [1.82, 2.24) is 5.16 Å². The zero-order valence-electron chi connectivity index (χ0n) is 10.9. The number of halogens is 1. The fourth-order valence-electron chi connectivity index (χ4n) is 2.10. The van der Waals surface area contributed by atoms with Crippen molar-refractivity contribution in [2.24, 2.45) is 0 Å². The van der Waals surface area contributed by atoms with Gasteiger partial charge in [-0.05, 0) is 36.8 Å². The highest BCUT2D eigenvalue weighted by molar-refractivity contribution is 5.86. The molecule has 2 N–H and O–H groups in total. The highest BCUT2D eigenvalue weighted by Crippen LogP contribution is 2.36.